The summed E-state index contributed by atoms with van der Waals surface area (Å²) >= 11 is 0. The van der Waals surface area contributed by atoms with Gasteiger partial charge in [0.15, 0.2) is 6.10 Å². The van der Waals surface area contributed by atoms with E-state index in [1.54, 1.807) is 0 Å². The molecule has 0 saturated carbocycles. The number of allylic oxidation sites excluding steroid dienone is 12. The van der Waals surface area contributed by atoms with E-state index < -0.39 is 57.8 Å². The van der Waals surface area contributed by atoms with Gasteiger partial charge in [0.2, 0.25) is 0 Å². The van der Waals surface area contributed by atoms with Crippen LogP contribution in [0.3, 0.4) is 0 Å². The molecular formula is C62H109O11P. The highest BCUT2D eigenvalue weighted by molar-refractivity contribution is 7.47. The van der Waals surface area contributed by atoms with E-state index in [-0.39, 0.29) is 25.9 Å². The second kappa shape index (κ2) is 56.1. The number of carbonyl (C=O) groups is 3. The molecule has 0 heterocycles. The lowest BCUT2D eigenvalue weighted by Gasteiger charge is -2.21. The van der Waals surface area contributed by atoms with Crippen LogP contribution in [0.15, 0.2) is 72.9 Å². The van der Waals surface area contributed by atoms with Crippen molar-refractivity contribution in [2.75, 3.05) is 26.4 Å². The quantitative estimate of drug-likeness (QED) is 0.0197. The predicted molar refractivity (Wildman–Crippen MR) is 307 cm³/mol. The third-order valence-corrected chi connectivity index (χ3v) is 13.6. The molecule has 0 fully saturated rings. The molecule has 11 nitrogen and oxygen atoms in total. The first kappa shape index (κ1) is 70.9. The summed E-state index contributed by atoms with van der Waals surface area (Å²) in [6.45, 7) is 4.49. The highest BCUT2D eigenvalue weighted by Crippen LogP contribution is 2.43. The number of unbranched alkanes of at least 4 members (excludes halogenated alkanes) is 26. The van der Waals surface area contributed by atoms with E-state index >= 15 is 0 Å². The molecule has 12 heteroatoms. The second-order valence-corrected chi connectivity index (χ2v) is 21.2. The molecule has 2 N–H and O–H groups in total. The molecule has 428 valence electrons. The first-order valence-corrected chi connectivity index (χ1v) is 31.3. The Hall–Kier alpha value is -3.08. The number of rotatable bonds is 55. The summed E-state index contributed by atoms with van der Waals surface area (Å²) in [5.74, 6) is -1.49. The van der Waals surface area contributed by atoms with Crippen LogP contribution in [0, 0.1) is 0 Å². The predicted octanol–water partition coefficient (Wildman–Crippen LogP) is 17.7. The maximum atomic E-state index is 12.9. The minimum Gasteiger partial charge on any atom is -0.462 e. The molecule has 0 rings (SSSR count). The van der Waals surface area contributed by atoms with Crippen LogP contribution in [0.4, 0.5) is 0 Å². The van der Waals surface area contributed by atoms with Crippen LogP contribution in [0.2, 0.25) is 0 Å². The van der Waals surface area contributed by atoms with Gasteiger partial charge in [0.25, 0.3) is 0 Å². The van der Waals surface area contributed by atoms with Gasteiger partial charge in [0, 0.05) is 19.3 Å². The van der Waals surface area contributed by atoms with Gasteiger partial charge in [0.1, 0.15) is 12.7 Å². The van der Waals surface area contributed by atoms with E-state index in [0.717, 1.165) is 103 Å². The molecule has 0 saturated heterocycles. The molecule has 0 aromatic rings. The van der Waals surface area contributed by atoms with Gasteiger partial charge in [-0.15, -0.1) is 0 Å². The van der Waals surface area contributed by atoms with E-state index in [4.69, 9.17) is 23.3 Å². The van der Waals surface area contributed by atoms with Crippen molar-refractivity contribution in [3.05, 3.63) is 72.9 Å². The Balaban J connectivity index is 4.68. The molecule has 3 atom stereocenters. The Kier molecular flexibility index (Phi) is 53.8. The average Bonchev–Trinajstić information content (AvgIpc) is 3.39. The summed E-state index contributed by atoms with van der Waals surface area (Å²) < 4.78 is 39.5. The molecule has 0 aliphatic rings. The Morgan fingerprint density at radius 3 is 1.11 bits per heavy atom. The second-order valence-electron chi connectivity index (χ2n) is 19.8. The van der Waals surface area contributed by atoms with Gasteiger partial charge >= 0.3 is 25.7 Å². The fourth-order valence-corrected chi connectivity index (χ4v) is 8.87. The Labute approximate surface area is 452 Å². The fourth-order valence-electron chi connectivity index (χ4n) is 8.08. The third-order valence-electron chi connectivity index (χ3n) is 12.6. The first-order chi connectivity index (χ1) is 36.2. The van der Waals surface area contributed by atoms with Gasteiger partial charge in [-0.05, 0) is 89.9 Å². The van der Waals surface area contributed by atoms with E-state index in [1.165, 1.54) is 103 Å². The van der Waals surface area contributed by atoms with Crippen molar-refractivity contribution in [2.45, 2.75) is 277 Å². The lowest BCUT2D eigenvalue weighted by molar-refractivity contribution is -0.161. The largest absolute Gasteiger partial charge is 0.472 e. The highest BCUT2D eigenvalue weighted by Gasteiger charge is 2.28. The zero-order chi connectivity index (χ0) is 54.1. The standard InChI is InChI=1S/C62H109O11P/c1-4-7-10-13-16-19-22-24-26-28-29-31-33-35-38-41-44-47-50-53-62(66)73-59(55-69-60(64)51-48-45-42-39-36-21-18-15-12-9-6-3)57-71-74(67,68)70-56-58(54-63)72-61(65)52-49-46-43-40-37-34-32-30-27-25-23-20-17-14-11-8-5-2/h8,11,16-17,19-20,24-27,32,34,58-59,63H,4-7,9-10,12-15,18,21-23,28-31,33,35-57H2,1-3H3,(H,67,68)/b11-8-,19-16-,20-17-,26-24-,27-25-,34-32-. The van der Waals surface area contributed by atoms with Crippen molar-refractivity contribution >= 4 is 25.7 Å². The molecular weight excluding hydrogens is 952 g/mol. The van der Waals surface area contributed by atoms with E-state index in [2.05, 4.69) is 93.7 Å². The van der Waals surface area contributed by atoms with Crippen molar-refractivity contribution in [1.82, 2.24) is 0 Å². The fraction of sp³-hybridized carbons (Fsp3) is 0.758. The monoisotopic (exact) mass is 1060 g/mol. The summed E-state index contributed by atoms with van der Waals surface area (Å²) in [6.07, 6.45) is 62.8. The summed E-state index contributed by atoms with van der Waals surface area (Å²) in [5.41, 5.74) is 0. The Morgan fingerprint density at radius 2 is 0.703 bits per heavy atom. The first-order valence-electron chi connectivity index (χ1n) is 29.8. The zero-order valence-electron chi connectivity index (χ0n) is 47.3. The van der Waals surface area contributed by atoms with Crippen LogP contribution in [-0.2, 0) is 42.2 Å². The van der Waals surface area contributed by atoms with Crippen LogP contribution < -0.4 is 0 Å². The smallest absolute Gasteiger partial charge is 0.462 e. The van der Waals surface area contributed by atoms with Crippen LogP contribution in [0.1, 0.15) is 265 Å². The maximum absolute atomic E-state index is 12.9. The molecule has 0 aromatic heterocycles. The lowest BCUT2D eigenvalue weighted by atomic mass is 10.1. The lowest BCUT2D eigenvalue weighted by Crippen LogP contribution is -2.30. The highest BCUT2D eigenvalue weighted by atomic mass is 31.2. The van der Waals surface area contributed by atoms with Gasteiger partial charge in [0.05, 0.1) is 19.8 Å². The van der Waals surface area contributed by atoms with Crippen molar-refractivity contribution < 1.29 is 52.2 Å². The van der Waals surface area contributed by atoms with Gasteiger partial charge in [-0.2, -0.15) is 0 Å². The van der Waals surface area contributed by atoms with Crippen molar-refractivity contribution in [3.63, 3.8) is 0 Å². The van der Waals surface area contributed by atoms with E-state index in [9.17, 15) is 28.9 Å². The number of phosphoric ester groups is 1. The van der Waals surface area contributed by atoms with Gasteiger partial charge in [-0.25, -0.2) is 4.57 Å². The SMILES string of the molecule is CC/C=C\C/C=C\C/C=C\C/C=C\CCCCCCC(=O)OC(CO)COP(=O)(O)OCC(COC(=O)CCCCCCCCCCCCC)OC(=O)CCCCCCCCCCC/C=C\C/C=C\CCCCC. The minimum absolute atomic E-state index is 0.148. The number of hydrogen-bond donors (Lipinski definition) is 2. The minimum atomic E-state index is -4.76. The third kappa shape index (κ3) is 53.7. The van der Waals surface area contributed by atoms with Crippen LogP contribution >= 0.6 is 7.82 Å². The van der Waals surface area contributed by atoms with Gasteiger partial charge in [-0.1, -0.05) is 229 Å². The molecule has 0 aliphatic heterocycles. The van der Waals surface area contributed by atoms with E-state index in [0.29, 0.717) is 19.3 Å². The van der Waals surface area contributed by atoms with Crippen LogP contribution in [0.5, 0.6) is 0 Å². The molecule has 0 spiro atoms. The molecule has 3 unspecified atom stereocenters. The summed E-state index contributed by atoms with van der Waals surface area (Å²) in [6, 6.07) is 0. The van der Waals surface area contributed by atoms with Gasteiger partial charge in [-0.3, -0.25) is 23.4 Å². The molecule has 0 aliphatic carbocycles. The number of aliphatic hydroxyl groups excluding tert-OH is 1. The summed E-state index contributed by atoms with van der Waals surface area (Å²) in [5, 5.41) is 9.82. The number of esters is 3. The number of carbonyl (C=O) groups excluding carboxylic acids is 3. The zero-order valence-corrected chi connectivity index (χ0v) is 48.2. The van der Waals surface area contributed by atoms with Crippen LogP contribution in [-0.4, -0.2) is 66.5 Å². The Morgan fingerprint density at radius 1 is 0.392 bits per heavy atom. The van der Waals surface area contributed by atoms with Crippen LogP contribution in [0.25, 0.3) is 0 Å². The number of ether oxygens (including phenoxy) is 3. The molecule has 74 heavy (non-hydrogen) atoms. The van der Waals surface area contributed by atoms with Gasteiger partial charge < -0.3 is 24.2 Å². The topological polar surface area (TPSA) is 155 Å². The number of hydrogen-bond acceptors (Lipinski definition) is 10. The van der Waals surface area contributed by atoms with Crippen molar-refractivity contribution in [1.29, 1.82) is 0 Å². The molecule has 0 bridgehead atoms. The van der Waals surface area contributed by atoms with Crippen molar-refractivity contribution in [2.24, 2.45) is 0 Å². The van der Waals surface area contributed by atoms with E-state index in [1.807, 2.05) is 0 Å². The average molecular weight is 1060 g/mol. The maximum Gasteiger partial charge on any atom is 0.472 e. The number of phosphoric acid groups is 1. The van der Waals surface area contributed by atoms with Crippen molar-refractivity contribution in [3.8, 4) is 0 Å². The molecule has 0 aromatic carbocycles. The normalized spacial score (nSPS) is 13.9. The number of aliphatic hydroxyl groups is 1. The molecule has 0 amide bonds. The summed E-state index contributed by atoms with van der Waals surface area (Å²) in [7, 11) is -4.76. The summed E-state index contributed by atoms with van der Waals surface area (Å²) in [4.78, 5) is 48.5. The Bertz CT molecular complexity index is 1520. The molecule has 0 radical (unpaired) electrons.